The van der Waals surface area contributed by atoms with Crippen LogP contribution in [0.15, 0.2) is 11.6 Å². The summed E-state index contributed by atoms with van der Waals surface area (Å²) in [5.41, 5.74) is 1.36. The highest BCUT2D eigenvalue weighted by Crippen LogP contribution is 2.37. The number of hydrogen-bond acceptors (Lipinski definition) is 2. The topological polar surface area (TPSA) is 26.3 Å². The van der Waals surface area contributed by atoms with Gasteiger partial charge in [-0.05, 0) is 25.8 Å². The van der Waals surface area contributed by atoms with Gasteiger partial charge < -0.3 is 4.74 Å². The predicted octanol–water partition coefficient (Wildman–Crippen LogP) is 1.90. The Morgan fingerprint density at radius 1 is 1.58 bits per heavy atom. The minimum absolute atomic E-state index is 0.0176. The van der Waals surface area contributed by atoms with Gasteiger partial charge in [0.15, 0.2) is 0 Å². The highest BCUT2D eigenvalue weighted by molar-refractivity contribution is 5.75. The molecule has 0 aromatic carbocycles. The Bertz CT molecular complexity index is 242. The van der Waals surface area contributed by atoms with Gasteiger partial charge in [-0.2, -0.15) is 0 Å². The number of hydrogen-bond donors (Lipinski definition) is 0. The average molecular weight is 166 g/mol. The first-order chi connectivity index (χ1) is 5.68. The van der Waals surface area contributed by atoms with Crippen molar-refractivity contribution in [2.75, 3.05) is 0 Å². The van der Waals surface area contributed by atoms with E-state index in [1.165, 1.54) is 5.57 Å². The SMILES string of the molecule is CC1=C[C@@H]2OC(=O)[C@@H](C)[C@@H]2CC1. The molecule has 66 valence electrons. The molecule has 3 atom stereocenters. The minimum atomic E-state index is -0.0176. The van der Waals surface area contributed by atoms with E-state index >= 15 is 0 Å². The molecule has 12 heavy (non-hydrogen) atoms. The summed E-state index contributed by atoms with van der Waals surface area (Å²) in [7, 11) is 0. The Morgan fingerprint density at radius 3 is 3.08 bits per heavy atom. The molecule has 0 saturated carbocycles. The van der Waals surface area contributed by atoms with E-state index in [9.17, 15) is 4.79 Å². The van der Waals surface area contributed by atoms with E-state index in [2.05, 4.69) is 13.0 Å². The van der Waals surface area contributed by atoms with Gasteiger partial charge in [0.05, 0.1) is 5.92 Å². The Morgan fingerprint density at radius 2 is 2.33 bits per heavy atom. The zero-order chi connectivity index (χ0) is 8.72. The molecule has 1 heterocycles. The molecule has 1 aliphatic carbocycles. The van der Waals surface area contributed by atoms with Crippen molar-refractivity contribution in [2.24, 2.45) is 11.8 Å². The molecule has 0 radical (unpaired) electrons. The minimum Gasteiger partial charge on any atom is -0.458 e. The molecule has 2 rings (SSSR count). The molecule has 0 spiro atoms. The molecule has 0 aromatic rings. The normalized spacial score (nSPS) is 40.3. The van der Waals surface area contributed by atoms with Crippen LogP contribution in [0.4, 0.5) is 0 Å². The first-order valence-electron chi connectivity index (χ1n) is 4.56. The lowest BCUT2D eigenvalue weighted by molar-refractivity contribution is -0.142. The van der Waals surface area contributed by atoms with E-state index in [-0.39, 0.29) is 18.0 Å². The summed E-state index contributed by atoms with van der Waals surface area (Å²) >= 11 is 0. The van der Waals surface area contributed by atoms with Crippen LogP contribution in [-0.4, -0.2) is 12.1 Å². The number of allylic oxidation sites excluding steroid dienone is 1. The smallest absolute Gasteiger partial charge is 0.309 e. The lowest BCUT2D eigenvalue weighted by Gasteiger charge is -2.22. The van der Waals surface area contributed by atoms with E-state index in [1.807, 2.05) is 6.92 Å². The second-order valence-electron chi connectivity index (χ2n) is 3.91. The fourth-order valence-electron chi connectivity index (χ4n) is 2.12. The van der Waals surface area contributed by atoms with Crippen LogP contribution in [0.1, 0.15) is 26.7 Å². The standard InChI is InChI=1S/C10H14O2/c1-6-3-4-8-7(2)10(11)12-9(8)5-6/h5,7-9H,3-4H2,1-2H3/t7-,8-,9-/m0/s1. The quantitative estimate of drug-likeness (QED) is 0.406. The molecule has 2 nitrogen and oxygen atoms in total. The summed E-state index contributed by atoms with van der Waals surface area (Å²) in [6.07, 6.45) is 4.43. The van der Waals surface area contributed by atoms with Crippen molar-refractivity contribution < 1.29 is 9.53 Å². The molecule has 0 amide bonds. The number of ether oxygens (including phenoxy) is 1. The molecule has 0 bridgehead atoms. The number of carbonyl (C=O) groups is 1. The van der Waals surface area contributed by atoms with Crippen LogP contribution < -0.4 is 0 Å². The molecule has 2 aliphatic rings. The summed E-state index contributed by atoms with van der Waals surface area (Å²) in [4.78, 5) is 11.2. The van der Waals surface area contributed by atoms with E-state index in [0.717, 1.165) is 12.8 Å². The fourth-order valence-corrected chi connectivity index (χ4v) is 2.12. The van der Waals surface area contributed by atoms with Gasteiger partial charge in [0, 0.05) is 5.92 Å². The van der Waals surface area contributed by atoms with E-state index in [4.69, 9.17) is 4.74 Å². The Hall–Kier alpha value is -0.790. The van der Waals surface area contributed by atoms with Crippen LogP contribution in [0.2, 0.25) is 0 Å². The van der Waals surface area contributed by atoms with Gasteiger partial charge >= 0.3 is 5.97 Å². The van der Waals surface area contributed by atoms with Gasteiger partial charge in [-0.25, -0.2) is 0 Å². The third-order valence-electron chi connectivity index (χ3n) is 3.01. The molecular weight excluding hydrogens is 152 g/mol. The summed E-state index contributed by atoms with van der Waals surface area (Å²) in [6, 6.07) is 0. The summed E-state index contributed by atoms with van der Waals surface area (Å²) in [5, 5.41) is 0. The molecule has 1 aliphatic heterocycles. The van der Waals surface area contributed by atoms with Gasteiger partial charge in [0.25, 0.3) is 0 Å². The molecule has 0 unspecified atom stereocenters. The predicted molar refractivity (Wildman–Crippen MR) is 45.5 cm³/mol. The third-order valence-corrected chi connectivity index (χ3v) is 3.01. The van der Waals surface area contributed by atoms with E-state index in [0.29, 0.717) is 5.92 Å². The van der Waals surface area contributed by atoms with Crippen LogP contribution in [0, 0.1) is 11.8 Å². The van der Waals surface area contributed by atoms with Crippen LogP contribution in [0.3, 0.4) is 0 Å². The summed E-state index contributed by atoms with van der Waals surface area (Å²) in [5.74, 6) is 0.538. The van der Waals surface area contributed by atoms with Crippen molar-refractivity contribution >= 4 is 5.97 Å². The molecule has 0 aromatic heterocycles. The summed E-state index contributed by atoms with van der Waals surface area (Å²) in [6.45, 7) is 4.08. The van der Waals surface area contributed by atoms with Crippen LogP contribution in [0.5, 0.6) is 0 Å². The van der Waals surface area contributed by atoms with E-state index in [1.54, 1.807) is 0 Å². The van der Waals surface area contributed by atoms with Crippen molar-refractivity contribution in [1.29, 1.82) is 0 Å². The monoisotopic (exact) mass is 166 g/mol. The number of rotatable bonds is 0. The maximum absolute atomic E-state index is 11.2. The second-order valence-corrected chi connectivity index (χ2v) is 3.91. The summed E-state index contributed by atoms with van der Waals surface area (Å²) < 4.78 is 5.23. The lowest BCUT2D eigenvalue weighted by atomic mass is 9.82. The number of fused-ring (bicyclic) bond motifs is 1. The Kier molecular flexibility index (Phi) is 1.71. The average Bonchev–Trinajstić information content (AvgIpc) is 2.28. The van der Waals surface area contributed by atoms with Gasteiger partial charge in [-0.15, -0.1) is 0 Å². The third kappa shape index (κ3) is 1.06. The van der Waals surface area contributed by atoms with Gasteiger partial charge in [-0.1, -0.05) is 12.5 Å². The Labute approximate surface area is 72.6 Å². The second kappa shape index (κ2) is 2.61. The van der Waals surface area contributed by atoms with Gasteiger partial charge in [0.2, 0.25) is 0 Å². The van der Waals surface area contributed by atoms with Crippen molar-refractivity contribution in [3.63, 3.8) is 0 Å². The van der Waals surface area contributed by atoms with Gasteiger partial charge in [0.1, 0.15) is 6.10 Å². The van der Waals surface area contributed by atoms with Gasteiger partial charge in [-0.3, -0.25) is 4.79 Å². The molecule has 1 saturated heterocycles. The van der Waals surface area contributed by atoms with Crippen molar-refractivity contribution in [3.8, 4) is 0 Å². The maximum atomic E-state index is 11.2. The number of carbonyl (C=O) groups excluding carboxylic acids is 1. The Balaban J connectivity index is 2.22. The zero-order valence-corrected chi connectivity index (χ0v) is 7.54. The van der Waals surface area contributed by atoms with E-state index < -0.39 is 0 Å². The van der Waals surface area contributed by atoms with Crippen LogP contribution in [0.25, 0.3) is 0 Å². The van der Waals surface area contributed by atoms with Crippen LogP contribution >= 0.6 is 0 Å². The molecular formula is C10H14O2. The highest BCUT2D eigenvalue weighted by atomic mass is 16.6. The van der Waals surface area contributed by atoms with Crippen LogP contribution in [-0.2, 0) is 9.53 Å². The highest BCUT2D eigenvalue weighted by Gasteiger charge is 2.41. The van der Waals surface area contributed by atoms with Crippen molar-refractivity contribution in [1.82, 2.24) is 0 Å². The van der Waals surface area contributed by atoms with Crippen molar-refractivity contribution in [2.45, 2.75) is 32.8 Å². The molecule has 2 heteroatoms. The largest absolute Gasteiger partial charge is 0.458 e. The fraction of sp³-hybridized carbons (Fsp3) is 0.700. The zero-order valence-electron chi connectivity index (χ0n) is 7.54. The lowest BCUT2D eigenvalue weighted by Crippen LogP contribution is -2.21. The number of esters is 1. The maximum Gasteiger partial charge on any atom is 0.309 e. The first kappa shape index (κ1) is 7.84. The first-order valence-corrected chi connectivity index (χ1v) is 4.56. The van der Waals surface area contributed by atoms with Crippen molar-refractivity contribution in [3.05, 3.63) is 11.6 Å². The molecule has 0 N–H and O–H groups in total. The molecule has 1 fully saturated rings.